The monoisotopic (exact) mass is 518 g/mol. The lowest BCUT2D eigenvalue weighted by atomic mass is 9.47. The zero-order valence-corrected chi connectivity index (χ0v) is 25.2. The van der Waals surface area contributed by atoms with Crippen LogP contribution in [0.2, 0.25) is 0 Å². The fourth-order valence-electron chi connectivity index (χ4n) is 8.97. The number of aliphatic hydroxyl groups excluding tert-OH is 1. The van der Waals surface area contributed by atoms with Crippen molar-refractivity contribution in [3.8, 4) is 0 Å². The fourth-order valence-corrected chi connectivity index (χ4v) is 8.97. The van der Waals surface area contributed by atoms with Gasteiger partial charge in [-0.1, -0.05) is 65.5 Å². The van der Waals surface area contributed by atoms with Gasteiger partial charge in [0.05, 0.1) is 12.3 Å². The molecule has 0 aromatic rings. The number of hydrogen-bond acceptors (Lipinski definition) is 3. The molecule has 3 N–H and O–H groups in total. The van der Waals surface area contributed by atoms with Crippen molar-refractivity contribution in [3.63, 3.8) is 0 Å². The molecule has 0 aromatic carbocycles. The van der Waals surface area contributed by atoms with E-state index >= 15 is 0 Å². The topological polar surface area (TPSA) is 72.8 Å². The highest BCUT2D eigenvalue weighted by molar-refractivity contribution is 5.64. The smallest absolute Gasteiger partial charge is 0.405 e. The third-order valence-corrected chi connectivity index (χ3v) is 11.4. The molecule has 2 unspecified atom stereocenters. The lowest BCUT2D eigenvalue weighted by Crippen LogP contribution is -2.50. The number of carbonyl (C=O) groups is 1. The molecule has 214 valence electrons. The molecule has 4 rings (SSSR count). The Bertz CT molecular complexity index is 795. The summed E-state index contributed by atoms with van der Waals surface area (Å²) in [7, 11) is 3.61. The highest BCUT2D eigenvalue weighted by Gasteiger charge is 2.59. The first-order valence-electron chi connectivity index (χ1n) is 15.3. The molecule has 0 heterocycles. The number of amides is 1. The molecule has 0 aromatic heterocycles. The molecule has 37 heavy (non-hydrogen) atoms. The molecule has 3 saturated carbocycles. The molecule has 1 amide bonds. The Morgan fingerprint density at radius 3 is 2.35 bits per heavy atom. The Hall–Kier alpha value is -1.07. The molecule has 0 radical (unpaired) electrons. The summed E-state index contributed by atoms with van der Waals surface area (Å²) in [6.07, 6.45) is 16.0. The number of aliphatic hydroxyl groups is 1. The number of fused-ring (bicyclic) bond motifs is 5. The molecule has 3 fully saturated rings. The standard InChI is InChI=1S/C27H46O.C5H12N2O2/c1-18(2)7-6-8-19(3)23-11-12-24-22-10-9-20-17-21(28)13-15-26(20,4)25(22)14-16-27(23,24)5;1-4(7(2)3)6-5(8)9/h9,18-19,21-25,28H,6-8,10-17H2,1-5H3;4,6H,1-3H3,(H,8,9)/t19?,21-,22-,23+,24-,25-,26-,27+;/m0./s1. The Balaban J connectivity index is 0.000000364. The maximum absolute atomic E-state index is 10.2. The molecule has 4 aliphatic rings. The minimum atomic E-state index is -0.990. The van der Waals surface area contributed by atoms with E-state index in [1.54, 1.807) is 31.5 Å². The predicted octanol–water partition coefficient (Wildman–Crippen LogP) is 7.55. The molecule has 4 aliphatic carbocycles. The minimum Gasteiger partial charge on any atom is -0.465 e. The van der Waals surface area contributed by atoms with Crippen LogP contribution in [-0.4, -0.2) is 47.6 Å². The van der Waals surface area contributed by atoms with Gasteiger partial charge in [-0.3, -0.25) is 4.90 Å². The second-order valence-corrected chi connectivity index (χ2v) is 14.3. The van der Waals surface area contributed by atoms with E-state index in [1.807, 2.05) is 0 Å². The van der Waals surface area contributed by atoms with Gasteiger partial charge in [-0.15, -0.1) is 0 Å². The van der Waals surface area contributed by atoms with E-state index in [9.17, 15) is 9.90 Å². The Morgan fingerprint density at radius 1 is 1.05 bits per heavy atom. The van der Waals surface area contributed by atoms with Crippen molar-refractivity contribution in [2.75, 3.05) is 14.1 Å². The van der Waals surface area contributed by atoms with Crippen LogP contribution in [0.25, 0.3) is 0 Å². The summed E-state index contributed by atoms with van der Waals surface area (Å²) in [6, 6.07) is 0. The van der Waals surface area contributed by atoms with Gasteiger partial charge in [-0.25, -0.2) is 4.79 Å². The fraction of sp³-hybridized carbons (Fsp3) is 0.906. The molecule has 5 heteroatoms. The second kappa shape index (κ2) is 12.4. The van der Waals surface area contributed by atoms with Crippen molar-refractivity contribution < 1.29 is 15.0 Å². The van der Waals surface area contributed by atoms with Crippen LogP contribution in [-0.2, 0) is 0 Å². The van der Waals surface area contributed by atoms with Crippen molar-refractivity contribution in [2.45, 2.75) is 124 Å². The number of nitrogens with one attached hydrogen (secondary N) is 1. The van der Waals surface area contributed by atoms with Gasteiger partial charge in [0.15, 0.2) is 0 Å². The number of carboxylic acid groups (broad SMARTS) is 1. The largest absolute Gasteiger partial charge is 0.465 e. The summed E-state index contributed by atoms with van der Waals surface area (Å²) in [5.74, 6) is 5.46. The van der Waals surface area contributed by atoms with E-state index < -0.39 is 6.09 Å². The molecule has 0 spiro atoms. The summed E-state index contributed by atoms with van der Waals surface area (Å²) in [5, 5.41) is 20.7. The molecular formula is C32H58N2O3. The van der Waals surface area contributed by atoms with Crippen LogP contribution in [0, 0.1) is 46.3 Å². The highest BCUT2D eigenvalue weighted by Crippen LogP contribution is 2.67. The first kappa shape index (κ1) is 30.5. The maximum atomic E-state index is 10.2. The average Bonchev–Trinajstić information content (AvgIpc) is 3.16. The van der Waals surface area contributed by atoms with Crippen molar-refractivity contribution in [1.82, 2.24) is 10.2 Å². The maximum Gasteiger partial charge on any atom is 0.405 e. The second-order valence-electron chi connectivity index (χ2n) is 14.3. The van der Waals surface area contributed by atoms with Crippen molar-refractivity contribution >= 4 is 6.09 Å². The Morgan fingerprint density at radius 2 is 1.76 bits per heavy atom. The van der Waals surface area contributed by atoms with Gasteiger partial charge in [0, 0.05) is 0 Å². The SMILES string of the molecule is CC(C)CCCC(C)[C@H]1CC[C@H]2[C@@H]3CC=C4C[C@@H](O)CC[C@]4(C)[C@H]3CC[C@]12C.CC(NC(=O)O)N(C)C. The third kappa shape index (κ3) is 6.75. The van der Waals surface area contributed by atoms with Crippen LogP contribution in [0.5, 0.6) is 0 Å². The summed E-state index contributed by atoms with van der Waals surface area (Å²) < 4.78 is 0. The van der Waals surface area contributed by atoms with Gasteiger partial charge in [0.2, 0.25) is 0 Å². The molecule has 9 atom stereocenters. The van der Waals surface area contributed by atoms with Gasteiger partial charge in [0.25, 0.3) is 0 Å². The third-order valence-electron chi connectivity index (χ3n) is 11.4. The summed E-state index contributed by atoms with van der Waals surface area (Å²) in [5.41, 5.74) is 2.60. The normalized spacial score (nSPS) is 38.5. The molecular weight excluding hydrogens is 460 g/mol. The van der Waals surface area contributed by atoms with E-state index in [1.165, 1.54) is 57.8 Å². The van der Waals surface area contributed by atoms with E-state index in [0.29, 0.717) is 10.8 Å². The van der Waals surface area contributed by atoms with E-state index in [-0.39, 0.29) is 12.3 Å². The van der Waals surface area contributed by atoms with Crippen molar-refractivity contribution in [1.29, 1.82) is 0 Å². The van der Waals surface area contributed by atoms with Crippen molar-refractivity contribution in [2.24, 2.45) is 46.3 Å². The van der Waals surface area contributed by atoms with Crippen LogP contribution in [0.4, 0.5) is 4.79 Å². The van der Waals surface area contributed by atoms with Crippen molar-refractivity contribution in [3.05, 3.63) is 11.6 Å². The lowest BCUT2D eigenvalue weighted by Gasteiger charge is -2.58. The van der Waals surface area contributed by atoms with Crippen LogP contribution in [0.15, 0.2) is 11.6 Å². The summed E-state index contributed by atoms with van der Waals surface area (Å²) in [6.45, 7) is 14.3. The minimum absolute atomic E-state index is 0.0766. The number of rotatable bonds is 7. The summed E-state index contributed by atoms with van der Waals surface area (Å²) >= 11 is 0. The Kier molecular flexibility index (Phi) is 10.2. The quantitative estimate of drug-likeness (QED) is 0.240. The van der Waals surface area contributed by atoms with Gasteiger partial charge >= 0.3 is 6.09 Å². The Labute approximate surface area is 227 Å². The zero-order chi connectivity index (χ0) is 27.5. The molecule has 0 aliphatic heterocycles. The van der Waals surface area contributed by atoms with Crippen LogP contribution < -0.4 is 5.32 Å². The van der Waals surface area contributed by atoms with Gasteiger partial charge in [-0.05, 0) is 119 Å². The predicted molar refractivity (Wildman–Crippen MR) is 153 cm³/mol. The summed E-state index contributed by atoms with van der Waals surface area (Å²) in [4.78, 5) is 11.7. The zero-order valence-electron chi connectivity index (χ0n) is 25.2. The number of nitrogens with zero attached hydrogens (tertiary/aromatic N) is 1. The van der Waals surface area contributed by atoms with E-state index in [4.69, 9.17) is 5.11 Å². The molecule has 0 bridgehead atoms. The number of allylic oxidation sites excluding steroid dienone is 1. The molecule has 0 saturated heterocycles. The van der Waals surface area contributed by atoms with Crippen LogP contribution >= 0.6 is 0 Å². The first-order valence-corrected chi connectivity index (χ1v) is 15.3. The lowest BCUT2D eigenvalue weighted by molar-refractivity contribution is -0.0573. The van der Waals surface area contributed by atoms with E-state index in [2.05, 4.69) is 46.0 Å². The van der Waals surface area contributed by atoms with Gasteiger partial charge in [0.1, 0.15) is 0 Å². The van der Waals surface area contributed by atoms with E-state index in [0.717, 1.165) is 48.3 Å². The first-order chi connectivity index (χ1) is 17.3. The number of hydrogen-bond donors (Lipinski definition) is 3. The van der Waals surface area contributed by atoms with Crippen LogP contribution in [0.3, 0.4) is 0 Å². The average molecular weight is 519 g/mol. The van der Waals surface area contributed by atoms with Crippen LogP contribution in [0.1, 0.15) is 112 Å². The molecule has 5 nitrogen and oxygen atoms in total. The van der Waals surface area contributed by atoms with Gasteiger partial charge < -0.3 is 15.5 Å². The van der Waals surface area contributed by atoms with Gasteiger partial charge in [-0.2, -0.15) is 0 Å². The highest BCUT2D eigenvalue weighted by atomic mass is 16.4.